The lowest BCUT2D eigenvalue weighted by Crippen LogP contribution is -2.63. The summed E-state index contributed by atoms with van der Waals surface area (Å²) in [5.74, 6) is -1.05. The maximum Gasteiger partial charge on any atom is 0.410 e. The van der Waals surface area contributed by atoms with Crippen LogP contribution in [-0.4, -0.2) is 41.7 Å². The Morgan fingerprint density at radius 3 is 2.29 bits per heavy atom. The van der Waals surface area contributed by atoms with E-state index in [4.69, 9.17) is 9.47 Å². The van der Waals surface area contributed by atoms with Gasteiger partial charge in [-0.2, -0.15) is 0 Å². The zero-order valence-corrected chi connectivity index (χ0v) is 14.7. The van der Waals surface area contributed by atoms with Crippen LogP contribution in [-0.2, 0) is 25.6 Å². The van der Waals surface area contributed by atoms with Gasteiger partial charge in [-0.1, -0.05) is 30.3 Å². The predicted molar refractivity (Wildman–Crippen MR) is 87.0 cm³/mol. The fraction of sp³-hybridized carbons (Fsp3) is 0.529. The molecule has 1 amide bonds. The van der Waals surface area contributed by atoms with Crippen molar-refractivity contribution in [1.82, 2.24) is 5.32 Å². The molecular weight excluding hydrogens is 314 g/mol. The summed E-state index contributed by atoms with van der Waals surface area (Å²) in [5.41, 5.74) is -2.30. The van der Waals surface area contributed by atoms with Gasteiger partial charge in [0.1, 0.15) is 11.7 Å². The van der Waals surface area contributed by atoms with Crippen molar-refractivity contribution < 1.29 is 28.9 Å². The van der Waals surface area contributed by atoms with Gasteiger partial charge in [0.25, 0.3) is 5.72 Å². The number of aliphatic hydroxyl groups is 1. The van der Waals surface area contributed by atoms with Crippen LogP contribution in [0.5, 0.6) is 0 Å². The average molecular weight is 339 g/mol. The van der Waals surface area contributed by atoms with Crippen LogP contribution in [0.25, 0.3) is 0 Å². The first-order valence-corrected chi connectivity index (χ1v) is 7.56. The van der Waals surface area contributed by atoms with E-state index in [2.05, 4.69) is 10.1 Å². The molecule has 0 aromatic heterocycles. The van der Waals surface area contributed by atoms with Gasteiger partial charge in [-0.25, -0.2) is 9.59 Å². The van der Waals surface area contributed by atoms with Crippen LogP contribution in [0.3, 0.4) is 0 Å². The van der Waals surface area contributed by atoms with Crippen molar-refractivity contribution in [2.45, 2.75) is 51.7 Å². The Hall–Kier alpha value is -2.12. The molecule has 0 aliphatic heterocycles. The van der Waals surface area contributed by atoms with E-state index < -0.39 is 29.5 Å². The Morgan fingerprint density at radius 2 is 1.79 bits per heavy atom. The van der Waals surface area contributed by atoms with Gasteiger partial charge in [0.15, 0.2) is 0 Å². The molecule has 134 valence electrons. The number of methoxy groups -OCH3 is 1. The van der Waals surface area contributed by atoms with Gasteiger partial charge in [0, 0.05) is 0 Å². The Bertz CT molecular complexity index is 554. The van der Waals surface area contributed by atoms with Crippen molar-refractivity contribution in [3.63, 3.8) is 0 Å². The van der Waals surface area contributed by atoms with E-state index in [0.717, 1.165) is 12.7 Å². The standard InChI is InChI=1S/C17H25NO6/c1-12(23-11-13-9-7-6-8-10-13)17(21,14(19)22-5)18-15(20)24-16(2,3)4/h6-10,12,21H,11H2,1-5H3,(H,18,20)/t12-,17+/m1/s1. The first kappa shape index (κ1) is 19.9. The highest BCUT2D eigenvalue weighted by Crippen LogP contribution is 2.17. The Labute approximate surface area is 141 Å². The molecule has 0 radical (unpaired) electrons. The smallest absolute Gasteiger partial charge is 0.410 e. The topological polar surface area (TPSA) is 94.1 Å². The third kappa shape index (κ3) is 5.82. The van der Waals surface area contributed by atoms with Crippen LogP contribution < -0.4 is 5.32 Å². The summed E-state index contributed by atoms with van der Waals surface area (Å²) >= 11 is 0. The molecule has 24 heavy (non-hydrogen) atoms. The molecule has 1 aromatic rings. The van der Waals surface area contributed by atoms with Crippen LogP contribution in [0.15, 0.2) is 30.3 Å². The molecule has 0 fully saturated rings. The van der Waals surface area contributed by atoms with Gasteiger partial charge in [-0.15, -0.1) is 0 Å². The summed E-state index contributed by atoms with van der Waals surface area (Å²) in [6.07, 6.45) is -2.02. The molecule has 1 aromatic carbocycles. The number of benzene rings is 1. The van der Waals surface area contributed by atoms with Crippen LogP contribution in [0.2, 0.25) is 0 Å². The van der Waals surface area contributed by atoms with E-state index in [1.54, 1.807) is 20.8 Å². The molecule has 0 spiro atoms. The van der Waals surface area contributed by atoms with Crippen molar-refractivity contribution >= 4 is 12.1 Å². The van der Waals surface area contributed by atoms with E-state index in [-0.39, 0.29) is 6.61 Å². The molecule has 0 aliphatic carbocycles. The Morgan fingerprint density at radius 1 is 1.21 bits per heavy atom. The lowest BCUT2D eigenvalue weighted by Gasteiger charge is -2.32. The van der Waals surface area contributed by atoms with E-state index in [1.807, 2.05) is 30.3 Å². The predicted octanol–water partition coefficient (Wildman–Crippen LogP) is 1.98. The summed E-state index contributed by atoms with van der Waals surface area (Å²) in [6.45, 7) is 6.60. The molecule has 7 nitrogen and oxygen atoms in total. The van der Waals surface area contributed by atoms with Gasteiger partial charge in [-0.3, -0.25) is 5.32 Å². The van der Waals surface area contributed by atoms with Crippen LogP contribution >= 0.6 is 0 Å². The fourth-order valence-corrected chi connectivity index (χ4v) is 1.85. The van der Waals surface area contributed by atoms with Crippen molar-refractivity contribution in [1.29, 1.82) is 0 Å². The number of amides is 1. The molecule has 2 atom stereocenters. The normalized spacial score (nSPS) is 15.1. The number of carbonyl (C=O) groups excluding carboxylic acids is 2. The van der Waals surface area contributed by atoms with E-state index in [1.165, 1.54) is 6.92 Å². The van der Waals surface area contributed by atoms with Crippen LogP contribution in [0.1, 0.15) is 33.3 Å². The molecule has 0 bridgehead atoms. The van der Waals surface area contributed by atoms with Gasteiger partial charge < -0.3 is 19.3 Å². The monoisotopic (exact) mass is 339 g/mol. The van der Waals surface area contributed by atoms with Crippen molar-refractivity contribution in [3.05, 3.63) is 35.9 Å². The van der Waals surface area contributed by atoms with Crippen LogP contribution in [0.4, 0.5) is 4.79 Å². The summed E-state index contributed by atoms with van der Waals surface area (Å²) in [4.78, 5) is 23.9. The minimum absolute atomic E-state index is 0.150. The highest BCUT2D eigenvalue weighted by Gasteiger charge is 2.46. The second-order valence-corrected chi connectivity index (χ2v) is 6.32. The first-order valence-electron chi connectivity index (χ1n) is 7.56. The fourth-order valence-electron chi connectivity index (χ4n) is 1.85. The van der Waals surface area contributed by atoms with Gasteiger partial charge >= 0.3 is 12.1 Å². The Kier molecular flexibility index (Phi) is 6.74. The average Bonchev–Trinajstić information content (AvgIpc) is 2.50. The highest BCUT2D eigenvalue weighted by molar-refractivity contribution is 5.84. The van der Waals surface area contributed by atoms with Crippen molar-refractivity contribution in [2.24, 2.45) is 0 Å². The van der Waals surface area contributed by atoms with E-state index >= 15 is 0 Å². The highest BCUT2D eigenvalue weighted by atomic mass is 16.6. The number of hydrogen-bond acceptors (Lipinski definition) is 6. The summed E-state index contributed by atoms with van der Waals surface area (Å²) in [5, 5.41) is 12.7. The lowest BCUT2D eigenvalue weighted by atomic mass is 10.1. The first-order chi connectivity index (χ1) is 11.1. The SMILES string of the molecule is COC(=O)[C@](O)(NC(=O)OC(C)(C)C)[C@@H](C)OCc1ccccc1. The van der Waals surface area contributed by atoms with Gasteiger partial charge in [-0.05, 0) is 33.3 Å². The number of carbonyl (C=O) groups is 2. The second-order valence-electron chi connectivity index (χ2n) is 6.32. The molecule has 2 N–H and O–H groups in total. The number of nitrogens with one attached hydrogen (secondary N) is 1. The second kappa shape index (κ2) is 8.12. The van der Waals surface area contributed by atoms with E-state index in [0.29, 0.717) is 0 Å². The molecule has 0 aliphatic rings. The molecular formula is C17H25NO6. The number of hydrogen-bond donors (Lipinski definition) is 2. The third-order valence-corrected chi connectivity index (χ3v) is 3.12. The molecule has 0 heterocycles. The molecule has 0 saturated heterocycles. The molecule has 0 unspecified atom stereocenters. The summed E-state index contributed by atoms with van der Waals surface area (Å²) in [7, 11) is 1.11. The maximum absolute atomic E-state index is 12.0. The van der Waals surface area contributed by atoms with Crippen LogP contribution in [0, 0.1) is 0 Å². The number of rotatable bonds is 6. The number of esters is 1. The Balaban J connectivity index is 2.82. The summed E-state index contributed by atoms with van der Waals surface area (Å²) in [6, 6.07) is 9.22. The molecule has 1 rings (SSSR count). The zero-order valence-electron chi connectivity index (χ0n) is 14.7. The minimum atomic E-state index is -2.37. The largest absolute Gasteiger partial charge is 0.465 e. The van der Waals surface area contributed by atoms with Gasteiger partial charge in [0.2, 0.25) is 0 Å². The third-order valence-electron chi connectivity index (χ3n) is 3.12. The van der Waals surface area contributed by atoms with Gasteiger partial charge in [0.05, 0.1) is 13.7 Å². The minimum Gasteiger partial charge on any atom is -0.465 e. The lowest BCUT2D eigenvalue weighted by molar-refractivity contribution is -0.186. The number of ether oxygens (including phenoxy) is 3. The number of alkyl carbamates (subject to hydrolysis) is 1. The zero-order chi connectivity index (χ0) is 18.4. The quantitative estimate of drug-likeness (QED) is 0.608. The molecule has 0 saturated carbocycles. The van der Waals surface area contributed by atoms with Crippen molar-refractivity contribution in [2.75, 3.05) is 7.11 Å². The van der Waals surface area contributed by atoms with E-state index in [9.17, 15) is 14.7 Å². The molecule has 7 heteroatoms. The van der Waals surface area contributed by atoms with Crippen molar-refractivity contribution in [3.8, 4) is 0 Å². The maximum atomic E-state index is 12.0. The summed E-state index contributed by atoms with van der Waals surface area (Å²) < 4.78 is 15.2.